The van der Waals surface area contributed by atoms with Crippen LogP contribution in [-0.2, 0) is 0 Å². The molecule has 0 amide bonds. The van der Waals surface area contributed by atoms with Crippen molar-refractivity contribution in [2.45, 2.75) is 6.36 Å². The molecule has 0 saturated carbocycles. The third-order valence-electron chi connectivity index (χ3n) is 3.26. The van der Waals surface area contributed by atoms with Crippen molar-refractivity contribution in [3.63, 3.8) is 0 Å². The fourth-order valence-corrected chi connectivity index (χ4v) is 2.23. The number of ether oxygens (including phenoxy) is 1. The average Bonchev–Trinajstić information content (AvgIpc) is 2.53. The third kappa shape index (κ3) is 3.61. The van der Waals surface area contributed by atoms with E-state index in [9.17, 15) is 38.5 Å². The minimum atomic E-state index is -5.12. The molecule has 0 bridgehead atoms. The minimum Gasteiger partial charge on any atom is -0.423 e. The number of nitrogens with zero attached hydrogens (tertiary/aromatic N) is 2. The zero-order chi connectivity index (χ0) is 19.6. The van der Waals surface area contributed by atoms with Gasteiger partial charge in [0.1, 0.15) is 34.8 Å². The highest BCUT2D eigenvalue weighted by molar-refractivity contribution is 6.58. The van der Waals surface area contributed by atoms with E-state index in [1.807, 2.05) is 4.98 Å². The molecule has 1 aromatic heterocycles. The van der Waals surface area contributed by atoms with Crippen LogP contribution in [0.2, 0.25) is 0 Å². The smallest absolute Gasteiger partial charge is 0.423 e. The maximum absolute atomic E-state index is 12.7. The maximum atomic E-state index is 12.7. The standard InChI is InChI=1S/C14H8BF3N4O4/c16-14(17,18)26-10-2-1-6(15(24)25)3-7(10)11-8(4-19)12(21)22-13(23)9(11)5-20/h1-3,24-25H,(H3,21,22,23). The molecule has 2 rings (SSSR count). The Labute approximate surface area is 143 Å². The molecule has 0 aliphatic heterocycles. The van der Waals surface area contributed by atoms with Crippen LogP contribution in [-0.4, -0.2) is 28.5 Å². The molecule has 0 fully saturated rings. The summed E-state index contributed by atoms with van der Waals surface area (Å²) in [6.07, 6.45) is -5.12. The molecule has 0 radical (unpaired) electrons. The number of anilines is 1. The Kier molecular flexibility index (Phi) is 4.93. The van der Waals surface area contributed by atoms with Crippen molar-refractivity contribution in [2.24, 2.45) is 0 Å². The Morgan fingerprint density at radius 2 is 1.81 bits per heavy atom. The summed E-state index contributed by atoms with van der Waals surface area (Å²) in [4.78, 5) is 14.0. The lowest BCUT2D eigenvalue weighted by atomic mass is 9.78. The molecule has 0 spiro atoms. The van der Waals surface area contributed by atoms with E-state index >= 15 is 0 Å². The summed E-state index contributed by atoms with van der Waals surface area (Å²) in [6.45, 7) is 0. The highest BCUT2D eigenvalue weighted by Gasteiger charge is 2.33. The molecule has 5 N–H and O–H groups in total. The second-order valence-electron chi connectivity index (χ2n) is 4.89. The van der Waals surface area contributed by atoms with E-state index in [1.165, 1.54) is 6.07 Å². The lowest BCUT2D eigenvalue weighted by Crippen LogP contribution is -2.30. The van der Waals surface area contributed by atoms with Gasteiger partial charge in [0.15, 0.2) is 0 Å². The summed E-state index contributed by atoms with van der Waals surface area (Å²) >= 11 is 0. The quantitative estimate of drug-likeness (QED) is 0.556. The minimum absolute atomic E-state index is 0.263. The van der Waals surface area contributed by atoms with E-state index in [2.05, 4.69) is 4.74 Å². The number of nitrogens with two attached hydrogens (primary N) is 1. The number of hydrogen-bond acceptors (Lipinski definition) is 7. The number of pyridine rings is 1. The Bertz CT molecular complexity index is 1010. The van der Waals surface area contributed by atoms with Crippen molar-refractivity contribution >= 4 is 18.4 Å². The van der Waals surface area contributed by atoms with Crippen LogP contribution < -0.4 is 21.5 Å². The SMILES string of the molecule is N#Cc1c(N)[nH]c(=O)c(C#N)c1-c1cc(B(O)O)ccc1OC(F)(F)F. The summed E-state index contributed by atoms with van der Waals surface area (Å²) < 4.78 is 41.9. The first-order chi connectivity index (χ1) is 12.1. The van der Waals surface area contributed by atoms with E-state index in [0.29, 0.717) is 0 Å². The molecule has 12 heteroatoms. The first-order valence-electron chi connectivity index (χ1n) is 6.71. The van der Waals surface area contributed by atoms with Gasteiger partial charge in [0, 0.05) is 11.1 Å². The highest BCUT2D eigenvalue weighted by Crippen LogP contribution is 2.37. The summed E-state index contributed by atoms with van der Waals surface area (Å²) in [5.41, 5.74) is 2.01. The number of nitrogen functional groups attached to an aromatic ring is 1. The molecular formula is C14H8BF3N4O4. The van der Waals surface area contributed by atoms with Crippen molar-refractivity contribution in [1.29, 1.82) is 10.5 Å². The van der Waals surface area contributed by atoms with E-state index in [1.54, 1.807) is 6.07 Å². The van der Waals surface area contributed by atoms with Gasteiger partial charge in [-0.25, -0.2) is 0 Å². The zero-order valence-electron chi connectivity index (χ0n) is 12.6. The molecular weight excluding hydrogens is 356 g/mol. The second-order valence-corrected chi connectivity index (χ2v) is 4.89. The Morgan fingerprint density at radius 1 is 1.19 bits per heavy atom. The van der Waals surface area contributed by atoms with Crippen molar-refractivity contribution < 1.29 is 28.0 Å². The first-order valence-corrected chi connectivity index (χ1v) is 6.71. The van der Waals surface area contributed by atoms with Crippen molar-refractivity contribution in [3.8, 4) is 29.0 Å². The Morgan fingerprint density at radius 3 is 2.31 bits per heavy atom. The van der Waals surface area contributed by atoms with Gasteiger partial charge in [-0.2, -0.15) is 10.5 Å². The molecule has 8 nitrogen and oxygen atoms in total. The van der Waals surface area contributed by atoms with Crippen molar-refractivity contribution in [2.75, 3.05) is 5.73 Å². The van der Waals surface area contributed by atoms with Crippen LogP contribution in [0, 0.1) is 22.7 Å². The topological polar surface area (TPSA) is 156 Å². The summed E-state index contributed by atoms with van der Waals surface area (Å²) in [6, 6.07) is 5.63. The molecule has 132 valence electrons. The molecule has 0 aliphatic rings. The van der Waals surface area contributed by atoms with Crippen LogP contribution in [0.25, 0.3) is 11.1 Å². The van der Waals surface area contributed by atoms with Gasteiger partial charge in [-0.15, -0.1) is 13.2 Å². The van der Waals surface area contributed by atoms with Gasteiger partial charge >= 0.3 is 13.5 Å². The number of benzene rings is 1. The summed E-state index contributed by atoms with van der Waals surface area (Å²) in [7, 11) is -2.07. The van der Waals surface area contributed by atoms with E-state index in [4.69, 9.17) is 5.73 Å². The number of aromatic nitrogens is 1. The molecule has 0 atom stereocenters. The van der Waals surface area contributed by atoms with Crippen LogP contribution in [0.5, 0.6) is 5.75 Å². The fraction of sp³-hybridized carbons (Fsp3) is 0.0714. The lowest BCUT2D eigenvalue weighted by molar-refractivity contribution is -0.274. The predicted octanol–water partition coefficient (Wildman–Crippen LogP) is -0.0541. The second kappa shape index (κ2) is 6.80. The number of aromatic amines is 1. The number of nitrogens with one attached hydrogen (secondary N) is 1. The van der Waals surface area contributed by atoms with E-state index < -0.39 is 52.9 Å². The Balaban J connectivity index is 2.95. The van der Waals surface area contributed by atoms with E-state index in [-0.39, 0.29) is 5.46 Å². The van der Waals surface area contributed by atoms with Gasteiger partial charge < -0.3 is 25.5 Å². The third-order valence-corrected chi connectivity index (χ3v) is 3.26. The predicted molar refractivity (Wildman–Crippen MR) is 82.8 cm³/mol. The number of hydrogen-bond donors (Lipinski definition) is 4. The van der Waals surface area contributed by atoms with Crippen LogP contribution in [0.3, 0.4) is 0 Å². The van der Waals surface area contributed by atoms with E-state index in [0.717, 1.165) is 18.2 Å². The highest BCUT2D eigenvalue weighted by atomic mass is 19.4. The summed E-state index contributed by atoms with van der Waals surface area (Å²) in [5.74, 6) is -1.33. The number of alkyl halides is 3. The molecule has 1 aromatic carbocycles. The fourth-order valence-electron chi connectivity index (χ4n) is 2.23. The molecule has 0 saturated heterocycles. The van der Waals surface area contributed by atoms with Crippen LogP contribution in [0.4, 0.5) is 19.0 Å². The van der Waals surface area contributed by atoms with Gasteiger partial charge in [0.25, 0.3) is 5.56 Å². The molecule has 2 aromatic rings. The first kappa shape index (κ1) is 18.9. The van der Waals surface area contributed by atoms with Gasteiger partial charge in [-0.3, -0.25) is 4.79 Å². The number of halogens is 3. The largest absolute Gasteiger partial charge is 0.573 e. The summed E-state index contributed by atoms with van der Waals surface area (Å²) in [5, 5.41) is 36.9. The number of nitriles is 2. The van der Waals surface area contributed by atoms with Crippen LogP contribution in [0.15, 0.2) is 23.0 Å². The van der Waals surface area contributed by atoms with Crippen LogP contribution >= 0.6 is 0 Å². The molecule has 0 aliphatic carbocycles. The zero-order valence-corrected chi connectivity index (χ0v) is 12.6. The monoisotopic (exact) mass is 364 g/mol. The molecule has 26 heavy (non-hydrogen) atoms. The van der Waals surface area contributed by atoms with Gasteiger partial charge in [-0.05, 0) is 11.5 Å². The average molecular weight is 364 g/mol. The number of rotatable bonds is 3. The van der Waals surface area contributed by atoms with Gasteiger partial charge in [0.05, 0.1) is 0 Å². The Hall–Kier alpha value is -3.48. The lowest BCUT2D eigenvalue weighted by Gasteiger charge is -2.16. The normalized spacial score (nSPS) is 10.7. The van der Waals surface area contributed by atoms with Crippen molar-refractivity contribution in [1.82, 2.24) is 4.98 Å². The van der Waals surface area contributed by atoms with Gasteiger partial charge in [0.2, 0.25) is 0 Å². The van der Waals surface area contributed by atoms with Crippen molar-refractivity contribution in [3.05, 3.63) is 39.7 Å². The van der Waals surface area contributed by atoms with Crippen LogP contribution in [0.1, 0.15) is 11.1 Å². The number of H-pyrrole nitrogens is 1. The molecule has 0 unspecified atom stereocenters. The maximum Gasteiger partial charge on any atom is 0.573 e. The van der Waals surface area contributed by atoms with Gasteiger partial charge in [-0.1, -0.05) is 12.1 Å². The molecule has 1 heterocycles.